The summed E-state index contributed by atoms with van der Waals surface area (Å²) in [6.07, 6.45) is 9.34. The van der Waals surface area contributed by atoms with Gasteiger partial charge in [0.05, 0.1) is 23.9 Å². The summed E-state index contributed by atoms with van der Waals surface area (Å²) >= 11 is 1.56. The van der Waals surface area contributed by atoms with Crippen LogP contribution in [-0.4, -0.2) is 81.9 Å². The molecule has 8 aliphatic rings. The van der Waals surface area contributed by atoms with Crippen LogP contribution in [0.5, 0.6) is 0 Å². The molecule has 2 N–H and O–H groups in total. The summed E-state index contributed by atoms with van der Waals surface area (Å²) in [5, 5.41) is 24.6. The number of ether oxygens (including phenoxy) is 4. The lowest BCUT2D eigenvalue weighted by Gasteiger charge is -2.65. The van der Waals surface area contributed by atoms with Crippen LogP contribution in [-0.2, 0) is 28.5 Å². The first-order valence-electron chi connectivity index (χ1n) is 15.5. The van der Waals surface area contributed by atoms with Crippen molar-refractivity contribution in [1.29, 1.82) is 0 Å². The predicted octanol–water partition coefficient (Wildman–Crippen LogP) is 3.15. The number of hydrogen-bond acceptors (Lipinski definition) is 10. The first kappa shape index (κ1) is 27.3. The highest BCUT2D eigenvalue weighted by molar-refractivity contribution is 8.01. The lowest BCUT2D eigenvalue weighted by molar-refractivity contribution is -0.445. The van der Waals surface area contributed by atoms with Gasteiger partial charge in [-0.2, -0.15) is 0 Å². The molecule has 0 amide bonds. The Balaban J connectivity index is 1.10. The fraction of sp³-hybridized carbons (Fsp3) is 0.839. The Morgan fingerprint density at radius 1 is 1.07 bits per heavy atom. The number of aliphatic hydroxyl groups is 2. The van der Waals surface area contributed by atoms with Crippen molar-refractivity contribution in [3.05, 3.63) is 11.6 Å². The van der Waals surface area contributed by atoms with E-state index in [2.05, 4.69) is 6.92 Å². The van der Waals surface area contributed by atoms with Crippen LogP contribution in [0.1, 0.15) is 71.6 Å². The molecule has 0 aromatic carbocycles. The van der Waals surface area contributed by atoms with Crippen LogP contribution in [0, 0.1) is 34.5 Å². The molecular weight excluding hydrogens is 546 g/mol. The number of nitrogens with zero attached hydrogens (tertiary/aromatic N) is 1. The highest BCUT2D eigenvalue weighted by Crippen LogP contribution is 2.70. The fourth-order valence-corrected chi connectivity index (χ4v) is 12.3. The predicted molar refractivity (Wildman–Crippen MR) is 149 cm³/mol. The summed E-state index contributed by atoms with van der Waals surface area (Å²) in [5.41, 5.74) is -0.925. The molecule has 13 unspecified atom stereocenters. The molecule has 0 bridgehead atoms. The van der Waals surface area contributed by atoms with Crippen molar-refractivity contribution in [3.8, 4) is 0 Å². The first-order valence-corrected chi connectivity index (χ1v) is 16.5. The van der Waals surface area contributed by atoms with Gasteiger partial charge in [0.2, 0.25) is 6.29 Å². The summed E-state index contributed by atoms with van der Waals surface area (Å²) in [5.74, 6) is -1.08. The molecule has 2 saturated heterocycles. The molecular formula is C31H41NO8S. The van der Waals surface area contributed by atoms with Gasteiger partial charge in [-0.1, -0.05) is 6.92 Å². The second-order valence-electron chi connectivity index (χ2n) is 14.4. The van der Waals surface area contributed by atoms with Crippen molar-refractivity contribution in [2.75, 3.05) is 12.4 Å². The smallest absolute Gasteiger partial charge is 0.331 e. The number of carbonyl (C=O) groups is 2. The maximum atomic E-state index is 13.3. The van der Waals surface area contributed by atoms with E-state index in [1.165, 1.54) is 6.29 Å². The van der Waals surface area contributed by atoms with E-state index in [4.69, 9.17) is 23.9 Å². The zero-order valence-electron chi connectivity index (χ0n) is 23.8. The minimum atomic E-state index is -1.74. The monoisotopic (exact) mass is 587 g/mol. The van der Waals surface area contributed by atoms with Crippen LogP contribution in [0.2, 0.25) is 0 Å². The van der Waals surface area contributed by atoms with E-state index in [1.807, 2.05) is 13.1 Å². The Hall–Kier alpha value is -1.30. The highest BCUT2D eigenvalue weighted by atomic mass is 32.2. The van der Waals surface area contributed by atoms with Crippen molar-refractivity contribution in [3.63, 3.8) is 0 Å². The summed E-state index contributed by atoms with van der Waals surface area (Å²) in [7, 11) is 0. The standard InChI is InChI=1S/C31H41NO8S/c1-17-13-30(32-9-10-41-30)31(36)26(38-17)39-23-12-19-3-4-22-21(28(19,16-33)14-24(23)40-31)5-7-27(2)20(6-8-29(22,27)35)18-11-25(34)37-15-18/h9,11,16-17,19-24,26,35-36H,3-8,10,12-15H2,1-2H3. The zero-order chi connectivity index (χ0) is 28.4. The number of aldehydes is 1. The molecule has 9 nitrogen and oxygen atoms in total. The molecule has 1 spiro atoms. The van der Waals surface area contributed by atoms with E-state index in [9.17, 15) is 19.8 Å². The maximum absolute atomic E-state index is 13.3. The number of cyclic esters (lactones) is 1. The Morgan fingerprint density at radius 2 is 1.93 bits per heavy atom. The Labute approximate surface area is 244 Å². The molecule has 6 fully saturated rings. The maximum Gasteiger partial charge on any atom is 0.331 e. The molecule has 4 heterocycles. The van der Waals surface area contributed by atoms with Gasteiger partial charge in [-0.05, 0) is 87.5 Å². The quantitative estimate of drug-likeness (QED) is 0.285. The average Bonchev–Trinajstić information content (AvgIpc) is 3.65. The number of fused-ring (bicyclic) bond motifs is 8. The minimum absolute atomic E-state index is 0.0107. The summed E-state index contributed by atoms with van der Waals surface area (Å²) < 4.78 is 24.5. The number of esters is 1. The first-order chi connectivity index (χ1) is 19.6. The van der Waals surface area contributed by atoms with E-state index in [-0.39, 0.29) is 47.3 Å². The van der Waals surface area contributed by atoms with Crippen LogP contribution in [0.15, 0.2) is 16.6 Å². The normalized spacial score (nSPS) is 57.2. The van der Waals surface area contributed by atoms with Crippen molar-refractivity contribution in [2.45, 2.75) is 112 Å². The number of aliphatic imine (C=N–C) groups is 1. The van der Waals surface area contributed by atoms with E-state index in [1.54, 1.807) is 17.8 Å². The summed E-state index contributed by atoms with van der Waals surface area (Å²) in [6.45, 7) is 4.49. The number of carbonyl (C=O) groups excluding carboxylic acids is 2. The summed E-state index contributed by atoms with van der Waals surface area (Å²) in [4.78, 5) is 29.1. The van der Waals surface area contributed by atoms with Crippen LogP contribution >= 0.6 is 11.8 Å². The van der Waals surface area contributed by atoms with Gasteiger partial charge in [0, 0.05) is 35.3 Å². The largest absolute Gasteiger partial charge is 0.458 e. The molecule has 4 saturated carbocycles. The van der Waals surface area contributed by atoms with Crippen molar-refractivity contribution in [1.82, 2.24) is 0 Å². The van der Waals surface area contributed by atoms with E-state index < -0.39 is 34.1 Å². The number of rotatable bonds is 2. The van der Waals surface area contributed by atoms with E-state index in [0.717, 1.165) is 37.7 Å². The molecule has 0 radical (unpaired) electrons. The fourth-order valence-electron chi connectivity index (χ4n) is 11.0. The van der Waals surface area contributed by atoms with Gasteiger partial charge in [-0.3, -0.25) is 4.99 Å². The third kappa shape index (κ3) is 3.41. The van der Waals surface area contributed by atoms with Crippen LogP contribution in [0.4, 0.5) is 0 Å². The summed E-state index contributed by atoms with van der Waals surface area (Å²) in [6, 6.07) is 0. The Morgan fingerprint density at radius 3 is 2.66 bits per heavy atom. The van der Waals surface area contributed by atoms with Crippen LogP contribution in [0.25, 0.3) is 0 Å². The highest BCUT2D eigenvalue weighted by Gasteiger charge is 2.72. The molecule has 4 aliphatic heterocycles. The van der Waals surface area contributed by atoms with Gasteiger partial charge in [0.15, 0.2) is 4.87 Å². The third-order valence-electron chi connectivity index (χ3n) is 12.9. The van der Waals surface area contributed by atoms with Crippen molar-refractivity contribution >= 4 is 30.2 Å². The van der Waals surface area contributed by atoms with E-state index in [0.29, 0.717) is 38.0 Å². The Kier molecular flexibility index (Phi) is 5.91. The van der Waals surface area contributed by atoms with Gasteiger partial charge in [0.1, 0.15) is 12.9 Å². The second-order valence-corrected chi connectivity index (χ2v) is 15.7. The third-order valence-corrected chi connectivity index (χ3v) is 14.2. The second kappa shape index (κ2) is 8.88. The molecule has 4 aliphatic carbocycles. The lowest BCUT2D eigenvalue weighted by atomic mass is 9.42. The van der Waals surface area contributed by atoms with Crippen LogP contribution < -0.4 is 0 Å². The van der Waals surface area contributed by atoms with Crippen molar-refractivity contribution < 1.29 is 38.7 Å². The Bertz CT molecular complexity index is 1230. The van der Waals surface area contributed by atoms with Gasteiger partial charge < -0.3 is 34.0 Å². The van der Waals surface area contributed by atoms with Crippen LogP contribution in [0.3, 0.4) is 0 Å². The topological polar surface area (TPSA) is 124 Å². The molecule has 10 heteroatoms. The zero-order valence-corrected chi connectivity index (χ0v) is 24.6. The van der Waals surface area contributed by atoms with Gasteiger partial charge in [-0.25, -0.2) is 4.79 Å². The molecule has 0 aromatic rings. The average molecular weight is 588 g/mol. The molecule has 41 heavy (non-hydrogen) atoms. The lowest BCUT2D eigenvalue weighted by Crippen LogP contribution is -2.73. The molecule has 0 aromatic heterocycles. The van der Waals surface area contributed by atoms with Gasteiger partial charge in [-0.15, -0.1) is 11.8 Å². The van der Waals surface area contributed by atoms with E-state index >= 15 is 0 Å². The number of thioether (sulfide) groups is 1. The molecule has 8 rings (SSSR count). The van der Waals surface area contributed by atoms with Crippen molar-refractivity contribution in [2.24, 2.45) is 39.5 Å². The molecule has 13 atom stereocenters. The minimum Gasteiger partial charge on any atom is -0.458 e. The SMILES string of the molecule is CC1CC2(N=CCS2)C2(O)OC3CC4(C=O)C(CCC5C4CCC4(C)C(C6=CC(=O)OC6)CCC54O)CC3OC2O1. The molecule has 224 valence electrons. The van der Waals surface area contributed by atoms with Gasteiger partial charge in [0.25, 0.3) is 5.79 Å². The van der Waals surface area contributed by atoms with Gasteiger partial charge >= 0.3 is 5.97 Å². The number of hydrogen-bond donors (Lipinski definition) is 2.